The van der Waals surface area contributed by atoms with Crippen molar-refractivity contribution in [3.63, 3.8) is 0 Å². The number of Topliss-reactive ketones (excluding diaryl/α,β-unsaturated/α-hetero) is 1. The summed E-state index contributed by atoms with van der Waals surface area (Å²) in [6.07, 6.45) is 5.87. The summed E-state index contributed by atoms with van der Waals surface area (Å²) in [5, 5.41) is 0. The van der Waals surface area contributed by atoms with E-state index in [1.807, 2.05) is 12.1 Å². The Hall–Kier alpha value is -1.11. The molecule has 0 aromatic heterocycles. The minimum Gasteiger partial charge on any atom is -0.294 e. The third-order valence-corrected chi connectivity index (χ3v) is 4.84. The highest BCUT2D eigenvalue weighted by Crippen LogP contribution is 2.57. The molecule has 0 aliphatic heterocycles. The zero-order chi connectivity index (χ0) is 12.8. The first kappa shape index (κ1) is 12.0. The number of ketones is 1. The third kappa shape index (κ3) is 1.56. The Morgan fingerprint density at radius 3 is 2.83 bits per heavy atom. The van der Waals surface area contributed by atoms with Gasteiger partial charge in [0.05, 0.1) is 0 Å². The molecule has 1 heteroatoms. The fourth-order valence-corrected chi connectivity index (χ4v) is 4.31. The number of hydrogen-bond donors (Lipinski definition) is 0. The van der Waals surface area contributed by atoms with Crippen LogP contribution in [0, 0.1) is 11.3 Å². The Morgan fingerprint density at radius 2 is 2.06 bits per heavy atom. The molecular weight excluding hydrogens is 220 g/mol. The van der Waals surface area contributed by atoms with E-state index in [0.29, 0.717) is 17.6 Å². The largest absolute Gasteiger partial charge is 0.294 e. The van der Waals surface area contributed by atoms with Gasteiger partial charge in [0.15, 0.2) is 5.78 Å². The zero-order valence-electron chi connectivity index (χ0n) is 11.4. The smallest absolute Gasteiger partial charge is 0.169 e. The van der Waals surface area contributed by atoms with Crippen LogP contribution in [0.1, 0.15) is 67.8 Å². The molecule has 0 bridgehead atoms. The first-order chi connectivity index (χ1) is 8.65. The van der Waals surface area contributed by atoms with E-state index in [-0.39, 0.29) is 5.41 Å². The summed E-state index contributed by atoms with van der Waals surface area (Å²) in [5.74, 6) is 1.54. The van der Waals surface area contributed by atoms with Crippen LogP contribution in [0.5, 0.6) is 0 Å². The van der Waals surface area contributed by atoms with Gasteiger partial charge in [-0.1, -0.05) is 51.0 Å². The SMILES string of the molecule is CC(C)CC12CCCCC1c1ccccc1C2=O. The van der Waals surface area contributed by atoms with Crippen LogP contribution in [0.2, 0.25) is 0 Å². The van der Waals surface area contributed by atoms with Crippen LogP contribution in [0.15, 0.2) is 24.3 Å². The number of fused-ring (bicyclic) bond motifs is 3. The predicted octanol–water partition coefficient (Wildman–Crippen LogP) is 4.57. The summed E-state index contributed by atoms with van der Waals surface area (Å²) in [5.41, 5.74) is 2.30. The van der Waals surface area contributed by atoms with Gasteiger partial charge in [0, 0.05) is 11.0 Å². The van der Waals surface area contributed by atoms with E-state index in [0.717, 1.165) is 18.4 Å². The van der Waals surface area contributed by atoms with Crippen molar-refractivity contribution in [1.82, 2.24) is 0 Å². The van der Waals surface area contributed by atoms with Gasteiger partial charge in [-0.05, 0) is 36.7 Å². The topological polar surface area (TPSA) is 17.1 Å². The lowest BCUT2D eigenvalue weighted by Gasteiger charge is -2.39. The van der Waals surface area contributed by atoms with E-state index in [1.165, 1.54) is 24.8 Å². The molecule has 2 aliphatic carbocycles. The van der Waals surface area contributed by atoms with Gasteiger partial charge in [0.1, 0.15) is 0 Å². The lowest BCUT2D eigenvalue weighted by molar-refractivity contribution is 0.0644. The Bertz CT molecular complexity index is 474. The monoisotopic (exact) mass is 242 g/mol. The molecule has 2 atom stereocenters. The quantitative estimate of drug-likeness (QED) is 0.742. The van der Waals surface area contributed by atoms with E-state index in [4.69, 9.17) is 0 Å². The summed E-state index contributed by atoms with van der Waals surface area (Å²) < 4.78 is 0. The summed E-state index contributed by atoms with van der Waals surface area (Å²) in [6, 6.07) is 8.33. The zero-order valence-corrected chi connectivity index (χ0v) is 11.4. The molecule has 0 saturated heterocycles. The molecule has 0 radical (unpaired) electrons. The van der Waals surface area contributed by atoms with Crippen molar-refractivity contribution in [2.24, 2.45) is 11.3 Å². The molecule has 0 spiro atoms. The van der Waals surface area contributed by atoms with Gasteiger partial charge in [-0.2, -0.15) is 0 Å². The standard InChI is InChI=1S/C17H22O/c1-12(2)11-17-10-6-5-9-15(17)13-7-3-4-8-14(13)16(17)18/h3-4,7-8,12,15H,5-6,9-11H2,1-2H3. The normalized spacial score (nSPS) is 30.4. The van der Waals surface area contributed by atoms with Crippen molar-refractivity contribution >= 4 is 5.78 Å². The Morgan fingerprint density at radius 1 is 1.28 bits per heavy atom. The summed E-state index contributed by atoms with van der Waals surface area (Å²) in [7, 11) is 0. The number of carbonyl (C=O) groups is 1. The van der Waals surface area contributed by atoms with Crippen LogP contribution in [0.3, 0.4) is 0 Å². The number of rotatable bonds is 2. The third-order valence-electron chi connectivity index (χ3n) is 4.84. The Balaban J connectivity index is 2.09. The molecule has 1 saturated carbocycles. The fraction of sp³-hybridized carbons (Fsp3) is 0.588. The number of hydrogen-bond acceptors (Lipinski definition) is 1. The molecular formula is C17H22O. The van der Waals surface area contributed by atoms with E-state index in [2.05, 4.69) is 26.0 Å². The number of benzene rings is 1. The molecule has 3 rings (SSSR count). The molecule has 96 valence electrons. The van der Waals surface area contributed by atoms with Crippen LogP contribution >= 0.6 is 0 Å². The highest BCUT2D eigenvalue weighted by Gasteiger charge is 2.53. The highest BCUT2D eigenvalue weighted by molar-refractivity contribution is 6.06. The molecule has 2 unspecified atom stereocenters. The van der Waals surface area contributed by atoms with Gasteiger partial charge >= 0.3 is 0 Å². The average molecular weight is 242 g/mol. The van der Waals surface area contributed by atoms with Crippen LogP contribution in [-0.2, 0) is 0 Å². The molecule has 1 aromatic carbocycles. The molecule has 0 heterocycles. The number of carbonyl (C=O) groups excluding carboxylic acids is 1. The molecule has 1 nitrogen and oxygen atoms in total. The minimum atomic E-state index is -0.0594. The summed E-state index contributed by atoms with van der Waals surface area (Å²) in [4.78, 5) is 12.9. The molecule has 18 heavy (non-hydrogen) atoms. The van der Waals surface area contributed by atoms with Crippen molar-refractivity contribution in [2.45, 2.75) is 51.9 Å². The maximum atomic E-state index is 12.9. The predicted molar refractivity (Wildman–Crippen MR) is 73.9 cm³/mol. The van der Waals surface area contributed by atoms with E-state index in [9.17, 15) is 4.79 Å². The molecule has 2 aliphatic rings. The van der Waals surface area contributed by atoms with Crippen molar-refractivity contribution in [1.29, 1.82) is 0 Å². The molecule has 1 fully saturated rings. The van der Waals surface area contributed by atoms with E-state index < -0.39 is 0 Å². The second kappa shape index (κ2) is 4.22. The second-order valence-electron chi connectivity index (χ2n) is 6.47. The fourth-order valence-electron chi connectivity index (χ4n) is 4.31. The van der Waals surface area contributed by atoms with Crippen molar-refractivity contribution in [2.75, 3.05) is 0 Å². The lowest BCUT2D eigenvalue weighted by atomic mass is 9.63. The summed E-state index contributed by atoms with van der Waals surface area (Å²) in [6.45, 7) is 4.49. The minimum absolute atomic E-state index is 0.0594. The van der Waals surface area contributed by atoms with E-state index >= 15 is 0 Å². The maximum absolute atomic E-state index is 12.9. The van der Waals surface area contributed by atoms with Crippen LogP contribution < -0.4 is 0 Å². The van der Waals surface area contributed by atoms with Crippen molar-refractivity contribution < 1.29 is 4.79 Å². The van der Waals surface area contributed by atoms with Gasteiger partial charge in [0.2, 0.25) is 0 Å². The summed E-state index contributed by atoms with van der Waals surface area (Å²) >= 11 is 0. The lowest BCUT2D eigenvalue weighted by Crippen LogP contribution is -2.35. The van der Waals surface area contributed by atoms with E-state index in [1.54, 1.807) is 0 Å². The molecule has 0 N–H and O–H groups in total. The van der Waals surface area contributed by atoms with Crippen LogP contribution in [0.25, 0.3) is 0 Å². The molecule has 1 aromatic rings. The first-order valence-electron chi connectivity index (χ1n) is 7.29. The van der Waals surface area contributed by atoms with Gasteiger partial charge in [-0.3, -0.25) is 4.79 Å². The van der Waals surface area contributed by atoms with Gasteiger partial charge in [0.25, 0.3) is 0 Å². The molecule has 0 amide bonds. The van der Waals surface area contributed by atoms with Crippen LogP contribution in [-0.4, -0.2) is 5.78 Å². The first-order valence-corrected chi connectivity index (χ1v) is 7.29. The Kier molecular flexibility index (Phi) is 2.80. The van der Waals surface area contributed by atoms with Crippen molar-refractivity contribution in [3.8, 4) is 0 Å². The highest BCUT2D eigenvalue weighted by atomic mass is 16.1. The second-order valence-corrected chi connectivity index (χ2v) is 6.47. The van der Waals surface area contributed by atoms with Gasteiger partial charge in [-0.15, -0.1) is 0 Å². The van der Waals surface area contributed by atoms with Crippen molar-refractivity contribution in [3.05, 3.63) is 35.4 Å². The average Bonchev–Trinajstić information content (AvgIpc) is 2.60. The van der Waals surface area contributed by atoms with Gasteiger partial charge < -0.3 is 0 Å². The van der Waals surface area contributed by atoms with Crippen LogP contribution in [0.4, 0.5) is 0 Å². The Labute approximate surface area is 110 Å². The van der Waals surface area contributed by atoms with Gasteiger partial charge in [-0.25, -0.2) is 0 Å². The maximum Gasteiger partial charge on any atom is 0.169 e.